The van der Waals surface area contributed by atoms with Crippen LogP contribution in [0.3, 0.4) is 0 Å². The number of carbonyl (C=O) groups excluding carboxylic acids is 2. The first kappa shape index (κ1) is 16.4. The Morgan fingerprint density at radius 1 is 1.46 bits per heavy atom. The number of aryl methyl sites for hydroxylation is 1. The largest absolute Gasteiger partial charge is 0.448 e. The summed E-state index contributed by atoms with van der Waals surface area (Å²) in [6.45, 7) is 2.35. The topological polar surface area (TPSA) is 89.4 Å². The molecule has 2 amide bonds. The van der Waals surface area contributed by atoms with Gasteiger partial charge in [0.05, 0.1) is 12.7 Å². The molecule has 24 heavy (non-hydrogen) atoms. The van der Waals surface area contributed by atoms with Gasteiger partial charge in [-0.2, -0.15) is 5.10 Å². The number of hydrogen-bond acceptors (Lipinski definition) is 6. The fourth-order valence-electron chi connectivity index (χ4n) is 2.39. The zero-order chi connectivity index (χ0) is 16.9. The van der Waals surface area contributed by atoms with E-state index in [1.54, 1.807) is 21.2 Å². The molecule has 128 valence electrons. The molecule has 0 bridgehead atoms. The van der Waals surface area contributed by atoms with Crippen LogP contribution in [0.2, 0.25) is 0 Å². The molecule has 9 heteroatoms. The maximum absolute atomic E-state index is 12.1. The van der Waals surface area contributed by atoms with Gasteiger partial charge in [-0.1, -0.05) is 0 Å². The lowest BCUT2D eigenvalue weighted by Gasteiger charge is -2.11. The van der Waals surface area contributed by atoms with E-state index in [1.165, 1.54) is 11.3 Å². The lowest BCUT2D eigenvalue weighted by atomic mass is 10.3. The molecule has 0 aliphatic carbocycles. The van der Waals surface area contributed by atoms with Gasteiger partial charge in [-0.3, -0.25) is 9.48 Å². The second-order valence-corrected chi connectivity index (χ2v) is 6.36. The predicted octanol–water partition coefficient (Wildman–Crippen LogP) is 1.51. The standard InChI is InChI=1S/C15H19N5O3S/c1-19-9-11(8-17-19)14-18-12(10-24-14)13(21)16-4-2-3-5-20-6-7-23-15(20)22/h8-10H,2-7H2,1H3,(H,16,21). The zero-order valence-electron chi connectivity index (χ0n) is 13.4. The van der Waals surface area contributed by atoms with E-state index in [2.05, 4.69) is 15.4 Å². The Morgan fingerprint density at radius 2 is 2.33 bits per heavy atom. The third-order valence-corrected chi connectivity index (χ3v) is 4.57. The van der Waals surface area contributed by atoms with Gasteiger partial charge in [0, 0.05) is 37.3 Å². The molecule has 0 unspecified atom stereocenters. The van der Waals surface area contributed by atoms with Gasteiger partial charge < -0.3 is 15.0 Å². The van der Waals surface area contributed by atoms with Crippen LogP contribution in [0, 0.1) is 0 Å². The number of cyclic esters (lactones) is 1. The van der Waals surface area contributed by atoms with Gasteiger partial charge in [0.1, 0.15) is 17.3 Å². The number of carbonyl (C=O) groups is 2. The predicted molar refractivity (Wildman–Crippen MR) is 88.8 cm³/mol. The average Bonchev–Trinajstić information content (AvgIpc) is 3.28. The van der Waals surface area contributed by atoms with Crippen molar-refractivity contribution in [2.45, 2.75) is 12.8 Å². The minimum absolute atomic E-state index is 0.179. The van der Waals surface area contributed by atoms with Crippen LogP contribution < -0.4 is 5.32 Å². The average molecular weight is 349 g/mol. The van der Waals surface area contributed by atoms with E-state index >= 15 is 0 Å². The Hall–Kier alpha value is -2.42. The van der Waals surface area contributed by atoms with E-state index in [1.807, 2.05) is 13.2 Å². The highest BCUT2D eigenvalue weighted by Gasteiger charge is 2.20. The van der Waals surface area contributed by atoms with Gasteiger partial charge >= 0.3 is 6.09 Å². The van der Waals surface area contributed by atoms with Crippen molar-refractivity contribution in [2.24, 2.45) is 7.05 Å². The number of aromatic nitrogens is 3. The second kappa shape index (κ2) is 7.43. The van der Waals surface area contributed by atoms with E-state index in [0.29, 0.717) is 31.9 Å². The first-order valence-electron chi connectivity index (χ1n) is 7.78. The summed E-state index contributed by atoms with van der Waals surface area (Å²) in [7, 11) is 1.84. The third-order valence-electron chi connectivity index (χ3n) is 3.67. The number of hydrogen-bond donors (Lipinski definition) is 1. The van der Waals surface area contributed by atoms with Gasteiger partial charge in [0.2, 0.25) is 0 Å². The molecule has 1 aliphatic rings. The summed E-state index contributed by atoms with van der Waals surface area (Å²) in [5.74, 6) is -0.179. The van der Waals surface area contributed by atoms with Gasteiger partial charge in [0.15, 0.2) is 0 Å². The van der Waals surface area contributed by atoms with Crippen molar-refractivity contribution < 1.29 is 14.3 Å². The molecular formula is C15H19N5O3S. The number of nitrogens with one attached hydrogen (secondary N) is 1. The molecule has 1 fully saturated rings. The van der Waals surface area contributed by atoms with Crippen LogP contribution in [0.5, 0.6) is 0 Å². The summed E-state index contributed by atoms with van der Waals surface area (Å²) in [6, 6.07) is 0. The zero-order valence-corrected chi connectivity index (χ0v) is 14.2. The highest BCUT2D eigenvalue weighted by Crippen LogP contribution is 2.22. The van der Waals surface area contributed by atoms with Crippen LogP contribution in [0.4, 0.5) is 4.79 Å². The third kappa shape index (κ3) is 3.91. The SMILES string of the molecule is Cn1cc(-c2nc(C(=O)NCCCCN3CCOC3=O)cs2)cn1. The number of rotatable bonds is 7. The molecule has 3 rings (SSSR count). The second-order valence-electron chi connectivity index (χ2n) is 5.51. The molecule has 1 aliphatic heterocycles. The Balaban J connectivity index is 1.41. The molecule has 0 spiro atoms. The smallest absolute Gasteiger partial charge is 0.409 e. The summed E-state index contributed by atoms with van der Waals surface area (Å²) < 4.78 is 6.56. The van der Waals surface area contributed by atoms with E-state index in [4.69, 9.17) is 4.74 Å². The van der Waals surface area contributed by atoms with Gasteiger partial charge in [-0.05, 0) is 12.8 Å². The summed E-state index contributed by atoms with van der Waals surface area (Å²) in [6.07, 6.45) is 4.97. The van der Waals surface area contributed by atoms with Crippen molar-refractivity contribution in [2.75, 3.05) is 26.2 Å². The maximum atomic E-state index is 12.1. The quantitative estimate of drug-likeness (QED) is 0.765. The Labute approximate surface area is 143 Å². The molecule has 0 radical (unpaired) electrons. The number of amides is 2. The van der Waals surface area contributed by atoms with Crippen LogP contribution in [-0.4, -0.2) is 57.9 Å². The fourth-order valence-corrected chi connectivity index (χ4v) is 3.17. The minimum atomic E-state index is -0.246. The molecule has 3 heterocycles. The first-order valence-corrected chi connectivity index (χ1v) is 8.66. The van der Waals surface area contributed by atoms with Crippen LogP contribution in [0.1, 0.15) is 23.3 Å². The lowest BCUT2D eigenvalue weighted by molar-refractivity contribution is 0.0948. The van der Waals surface area contributed by atoms with Gasteiger partial charge in [0.25, 0.3) is 5.91 Å². The van der Waals surface area contributed by atoms with Gasteiger partial charge in [-0.15, -0.1) is 11.3 Å². The highest BCUT2D eigenvalue weighted by molar-refractivity contribution is 7.13. The summed E-state index contributed by atoms with van der Waals surface area (Å²) in [4.78, 5) is 29.4. The van der Waals surface area contributed by atoms with Crippen LogP contribution in [-0.2, 0) is 11.8 Å². The van der Waals surface area contributed by atoms with E-state index < -0.39 is 0 Å². The maximum Gasteiger partial charge on any atom is 0.409 e. The van der Waals surface area contributed by atoms with Crippen molar-refractivity contribution >= 4 is 23.3 Å². The van der Waals surface area contributed by atoms with E-state index in [0.717, 1.165) is 23.4 Å². The molecule has 0 saturated carbocycles. The van der Waals surface area contributed by atoms with Gasteiger partial charge in [-0.25, -0.2) is 9.78 Å². The van der Waals surface area contributed by atoms with E-state index in [-0.39, 0.29) is 12.0 Å². The summed E-state index contributed by atoms with van der Waals surface area (Å²) >= 11 is 1.42. The van der Waals surface area contributed by atoms with Crippen LogP contribution >= 0.6 is 11.3 Å². The monoisotopic (exact) mass is 349 g/mol. The number of nitrogens with zero attached hydrogens (tertiary/aromatic N) is 4. The Morgan fingerprint density at radius 3 is 3.04 bits per heavy atom. The number of thiazole rings is 1. The summed E-state index contributed by atoms with van der Waals surface area (Å²) in [5, 5.41) is 9.48. The molecule has 1 N–H and O–H groups in total. The first-order chi connectivity index (χ1) is 11.6. The Bertz CT molecular complexity index is 726. The molecule has 2 aromatic rings. The van der Waals surface area contributed by atoms with Crippen molar-refractivity contribution in [1.82, 2.24) is 25.0 Å². The van der Waals surface area contributed by atoms with E-state index in [9.17, 15) is 9.59 Å². The van der Waals surface area contributed by atoms with Crippen LogP contribution in [0.15, 0.2) is 17.8 Å². The molecule has 0 atom stereocenters. The molecular weight excluding hydrogens is 330 g/mol. The summed E-state index contributed by atoms with van der Waals surface area (Å²) in [5.41, 5.74) is 1.32. The minimum Gasteiger partial charge on any atom is -0.448 e. The molecule has 0 aromatic carbocycles. The number of ether oxygens (including phenoxy) is 1. The van der Waals surface area contributed by atoms with Crippen molar-refractivity contribution in [3.8, 4) is 10.6 Å². The number of unbranched alkanes of at least 4 members (excludes halogenated alkanes) is 1. The highest BCUT2D eigenvalue weighted by atomic mass is 32.1. The van der Waals surface area contributed by atoms with Crippen molar-refractivity contribution in [3.05, 3.63) is 23.5 Å². The van der Waals surface area contributed by atoms with Crippen molar-refractivity contribution in [3.63, 3.8) is 0 Å². The normalized spacial score (nSPS) is 14.0. The lowest BCUT2D eigenvalue weighted by Crippen LogP contribution is -2.28. The van der Waals surface area contributed by atoms with Crippen LogP contribution in [0.25, 0.3) is 10.6 Å². The Kier molecular flexibility index (Phi) is 5.09. The van der Waals surface area contributed by atoms with Crippen molar-refractivity contribution in [1.29, 1.82) is 0 Å². The molecule has 1 saturated heterocycles. The molecule has 2 aromatic heterocycles. The fraction of sp³-hybridized carbons (Fsp3) is 0.467. The molecule has 8 nitrogen and oxygen atoms in total.